The molecular weight excluding hydrogens is 200 g/mol. The summed E-state index contributed by atoms with van der Waals surface area (Å²) < 4.78 is 0. The summed E-state index contributed by atoms with van der Waals surface area (Å²) in [6, 6.07) is 0. The van der Waals surface area contributed by atoms with Crippen molar-refractivity contribution in [3.8, 4) is 0 Å². The van der Waals surface area contributed by atoms with E-state index in [2.05, 4.69) is 5.32 Å². The normalized spacial score (nSPS) is 42.1. The molecule has 4 saturated carbocycles. The standard InChI is InChI=1S/C13H22N2O/c14-13-6-3-12(4-7-13,5-8-13)11(16)15-9-10-1-2-10/h10H,1-9,14H2,(H,15,16). The number of hydrogen-bond donors (Lipinski definition) is 2. The minimum atomic E-state index is -0.0456. The van der Waals surface area contributed by atoms with E-state index in [0.29, 0.717) is 5.91 Å². The average Bonchev–Trinajstić information content (AvgIpc) is 3.11. The minimum Gasteiger partial charge on any atom is -0.355 e. The van der Waals surface area contributed by atoms with Crippen molar-refractivity contribution in [2.75, 3.05) is 6.54 Å². The summed E-state index contributed by atoms with van der Waals surface area (Å²) in [7, 11) is 0. The number of amides is 1. The van der Waals surface area contributed by atoms with Crippen molar-refractivity contribution in [1.82, 2.24) is 5.32 Å². The Bertz CT molecular complexity index is 285. The molecule has 90 valence electrons. The van der Waals surface area contributed by atoms with Gasteiger partial charge in [-0.2, -0.15) is 0 Å². The maximum absolute atomic E-state index is 12.3. The van der Waals surface area contributed by atoms with E-state index in [-0.39, 0.29) is 11.0 Å². The van der Waals surface area contributed by atoms with Crippen LogP contribution in [0.25, 0.3) is 0 Å². The number of hydrogen-bond acceptors (Lipinski definition) is 2. The molecule has 0 heterocycles. The van der Waals surface area contributed by atoms with Crippen LogP contribution in [0, 0.1) is 11.3 Å². The molecule has 0 radical (unpaired) electrons. The van der Waals surface area contributed by atoms with E-state index in [4.69, 9.17) is 5.73 Å². The Hall–Kier alpha value is -0.570. The second-order valence-corrected chi connectivity index (χ2v) is 6.30. The van der Waals surface area contributed by atoms with Gasteiger partial charge in [-0.25, -0.2) is 0 Å². The maximum Gasteiger partial charge on any atom is 0.226 e. The molecular formula is C13H22N2O. The molecule has 2 bridgehead atoms. The van der Waals surface area contributed by atoms with Crippen LogP contribution in [0.15, 0.2) is 0 Å². The Labute approximate surface area is 97.2 Å². The molecule has 4 rings (SSSR count). The molecule has 3 nitrogen and oxygen atoms in total. The molecule has 0 aromatic heterocycles. The Morgan fingerprint density at radius 2 is 1.69 bits per heavy atom. The van der Waals surface area contributed by atoms with Crippen molar-refractivity contribution in [3.05, 3.63) is 0 Å². The monoisotopic (exact) mass is 222 g/mol. The third kappa shape index (κ3) is 1.75. The molecule has 0 saturated heterocycles. The summed E-state index contributed by atoms with van der Waals surface area (Å²) in [4.78, 5) is 12.3. The lowest BCUT2D eigenvalue weighted by molar-refractivity contribution is -0.137. The first-order valence-electron chi connectivity index (χ1n) is 6.69. The van der Waals surface area contributed by atoms with Gasteiger partial charge in [0.05, 0.1) is 0 Å². The van der Waals surface area contributed by atoms with E-state index in [9.17, 15) is 4.79 Å². The Balaban J connectivity index is 1.62. The predicted molar refractivity (Wildman–Crippen MR) is 62.8 cm³/mol. The van der Waals surface area contributed by atoms with Crippen LogP contribution < -0.4 is 11.1 Å². The largest absolute Gasteiger partial charge is 0.355 e. The summed E-state index contributed by atoms with van der Waals surface area (Å²) in [5, 5.41) is 3.16. The van der Waals surface area contributed by atoms with Gasteiger partial charge in [-0.15, -0.1) is 0 Å². The topological polar surface area (TPSA) is 55.1 Å². The quantitative estimate of drug-likeness (QED) is 0.761. The first kappa shape index (κ1) is 10.6. The zero-order valence-corrected chi connectivity index (χ0v) is 9.93. The number of nitrogens with two attached hydrogens (primary N) is 1. The van der Waals surface area contributed by atoms with Gasteiger partial charge in [0.15, 0.2) is 0 Å². The minimum absolute atomic E-state index is 0.0456. The van der Waals surface area contributed by atoms with Crippen LogP contribution in [0.5, 0.6) is 0 Å². The molecule has 0 atom stereocenters. The third-order valence-electron chi connectivity index (χ3n) is 5.03. The highest BCUT2D eigenvalue weighted by Crippen LogP contribution is 2.51. The molecule has 0 unspecified atom stereocenters. The molecule has 4 fully saturated rings. The van der Waals surface area contributed by atoms with Crippen LogP contribution in [0.3, 0.4) is 0 Å². The molecule has 0 aromatic rings. The number of rotatable bonds is 3. The molecule has 0 spiro atoms. The van der Waals surface area contributed by atoms with Crippen LogP contribution in [-0.4, -0.2) is 18.0 Å². The SMILES string of the molecule is NC12CCC(C(=O)NCC3CC3)(CC1)CC2. The van der Waals surface area contributed by atoms with Crippen LogP contribution in [-0.2, 0) is 4.79 Å². The second kappa shape index (κ2) is 3.46. The fraction of sp³-hybridized carbons (Fsp3) is 0.923. The maximum atomic E-state index is 12.3. The van der Waals surface area contributed by atoms with Crippen LogP contribution >= 0.6 is 0 Å². The van der Waals surface area contributed by atoms with E-state index in [1.807, 2.05) is 0 Å². The van der Waals surface area contributed by atoms with E-state index < -0.39 is 0 Å². The second-order valence-electron chi connectivity index (χ2n) is 6.30. The lowest BCUT2D eigenvalue weighted by Gasteiger charge is -2.50. The van der Waals surface area contributed by atoms with Crippen LogP contribution in [0.4, 0.5) is 0 Å². The first-order valence-corrected chi connectivity index (χ1v) is 6.69. The van der Waals surface area contributed by atoms with Gasteiger partial charge in [0.1, 0.15) is 0 Å². The Kier molecular flexibility index (Phi) is 2.29. The van der Waals surface area contributed by atoms with Gasteiger partial charge in [-0.3, -0.25) is 4.79 Å². The summed E-state index contributed by atoms with van der Waals surface area (Å²) >= 11 is 0. The summed E-state index contributed by atoms with van der Waals surface area (Å²) in [5.41, 5.74) is 6.28. The zero-order valence-electron chi connectivity index (χ0n) is 9.93. The van der Waals surface area contributed by atoms with Crippen molar-refractivity contribution in [2.45, 2.75) is 56.9 Å². The van der Waals surface area contributed by atoms with Gasteiger partial charge in [-0.1, -0.05) is 0 Å². The highest BCUT2D eigenvalue weighted by molar-refractivity contribution is 5.83. The zero-order chi connectivity index (χ0) is 11.2. The van der Waals surface area contributed by atoms with E-state index >= 15 is 0 Å². The van der Waals surface area contributed by atoms with Gasteiger partial charge >= 0.3 is 0 Å². The van der Waals surface area contributed by atoms with Crippen molar-refractivity contribution in [2.24, 2.45) is 17.1 Å². The fourth-order valence-electron chi connectivity index (χ4n) is 3.30. The molecule has 3 heteroatoms. The lowest BCUT2D eigenvalue weighted by atomic mass is 9.57. The summed E-state index contributed by atoms with van der Waals surface area (Å²) in [6.45, 7) is 0.911. The van der Waals surface area contributed by atoms with E-state index in [1.54, 1.807) is 0 Å². The van der Waals surface area contributed by atoms with Crippen molar-refractivity contribution < 1.29 is 4.79 Å². The molecule has 1 amide bonds. The number of fused-ring (bicyclic) bond motifs is 3. The van der Waals surface area contributed by atoms with Crippen molar-refractivity contribution in [3.63, 3.8) is 0 Å². The van der Waals surface area contributed by atoms with Crippen LogP contribution in [0.2, 0.25) is 0 Å². The Morgan fingerprint density at radius 1 is 1.12 bits per heavy atom. The molecule has 4 aliphatic carbocycles. The van der Waals surface area contributed by atoms with Gasteiger partial charge in [0, 0.05) is 17.5 Å². The fourth-order valence-corrected chi connectivity index (χ4v) is 3.30. The number of carbonyl (C=O) groups is 1. The summed E-state index contributed by atoms with van der Waals surface area (Å²) in [6.07, 6.45) is 8.79. The van der Waals surface area contributed by atoms with Crippen molar-refractivity contribution >= 4 is 5.91 Å². The van der Waals surface area contributed by atoms with E-state index in [1.165, 1.54) is 12.8 Å². The highest BCUT2D eigenvalue weighted by Gasteiger charge is 2.50. The number of carbonyl (C=O) groups excluding carboxylic acids is 1. The van der Waals surface area contributed by atoms with Crippen molar-refractivity contribution in [1.29, 1.82) is 0 Å². The molecule has 3 N–H and O–H groups in total. The molecule has 4 aliphatic rings. The lowest BCUT2D eigenvalue weighted by Crippen LogP contribution is -2.56. The van der Waals surface area contributed by atoms with E-state index in [0.717, 1.165) is 51.0 Å². The van der Waals surface area contributed by atoms with Gasteiger partial charge < -0.3 is 11.1 Å². The molecule has 16 heavy (non-hydrogen) atoms. The number of nitrogens with one attached hydrogen (secondary N) is 1. The highest BCUT2D eigenvalue weighted by atomic mass is 16.2. The first-order chi connectivity index (χ1) is 7.62. The predicted octanol–water partition coefficient (Wildman–Crippen LogP) is 1.56. The summed E-state index contributed by atoms with van der Waals surface area (Å²) in [5.74, 6) is 1.10. The smallest absolute Gasteiger partial charge is 0.226 e. The molecule has 0 aromatic carbocycles. The van der Waals surface area contributed by atoms with Crippen LogP contribution in [0.1, 0.15) is 51.4 Å². The van der Waals surface area contributed by atoms with Gasteiger partial charge in [0.25, 0.3) is 0 Å². The van der Waals surface area contributed by atoms with Gasteiger partial charge in [0.2, 0.25) is 5.91 Å². The Morgan fingerprint density at radius 3 is 2.19 bits per heavy atom. The third-order valence-corrected chi connectivity index (χ3v) is 5.03. The molecule has 0 aliphatic heterocycles. The van der Waals surface area contributed by atoms with Gasteiger partial charge in [-0.05, 0) is 57.3 Å². The average molecular weight is 222 g/mol.